The summed E-state index contributed by atoms with van der Waals surface area (Å²) in [7, 11) is 0. The molecule has 0 bridgehead atoms. The van der Waals surface area contributed by atoms with Gasteiger partial charge in [-0.15, -0.1) is 0 Å². The van der Waals surface area contributed by atoms with Gasteiger partial charge in [0.05, 0.1) is 6.61 Å². The standard InChI is InChI=1S/C19H23ClFNO2/c1-3-9-22-12-15-10-18(23-4-2)19(11-16(15)20)24-13-14-7-5-6-8-17(14)21/h5-8,10-11,22H,3-4,9,12-13H2,1-2H3. The fourth-order valence-electron chi connectivity index (χ4n) is 2.26. The predicted molar refractivity (Wildman–Crippen MR) is 95.4 cm³/mol. The van der Waals surface area contributed by atoms with Crippen LogP contribution in [-0.2, 0) is 13.2 Å². The first-order valence-corrected chi connectivity index (χ1v) is 8.55. The molecule has 130 valence electrons. The minimum absolute atomic E-state index is 0.122. The lowest BCUT2D eigenvalue weighted by molar-refractivity contribution is 0.265. The summed E-state index contributed by atoms with van der Waals surface area (Å²) in [5.74, 6) is 0.845. The molecular weight excluding hydrogens is 329 g/mol. The molecule has 0 radical (unpaired) electrons. The molecular formula is C19H23ClFNO2. The number of halogens is 2. The second kappa shape index (κ2) is 9.50. The summed E-state index contributed by atoms with van der Waals surface area (Å²) in [5.41, 5.74) is 1.44. The molecule has 0 amide bonds. The van der Waals surface area contributed by atoms with E-state index in [0.29, 0.717) is 35.2 Å². The highest BCUT2D eigenvalue weighted by Gasteiger charge is 2.12. The van der Waals surface area contributed by atoms with Crippen LogP contribution in [0.15, 0.2) is 36.4 Å². The van der Waals surface area contributed by atoms with Crippen molar-refractivity contribution in [3.05, 3.63) is 58.4 Å². The average molecular weight is 352 g/mol. The maximum Gasteiger partial charge on any atom is 0.163 e. The number of ether oxygens (including phenoxy) is 2. The first-order chi connectivity index (χ1) is 11.7. The van der Waals surface area contributed by atoms with E-state index >= 15 is 0 Å². The number of hydrogen-bond acceptors (Lipinski definition) is 3. The van der Waals surface area contributed by atoms with Crippen LogP contribution in [-0.4, -0.2) is 13.2 Å². The van der Waals surface area contributed by atoms with E-state index in [1.807, 2.05) is 13.0 Å². The normalized spacial score (nSPS) is 10.7. The highest BCUT2D eigenvalue weighted by molar-refractivity contribution is 6.31. The topological polar surface area (TPSA) is 30.5 Å². The van der Waals surface area contributed by atoms with Crippen LogP contribution in [0.5, 0.6) is 11.5 Å². The molecule has 24 heavy (non-hydrogen) atoms. The average Bonchev–Trinajstić information content (AvgIpc) is 2.57. The van der Waals surface area contributed by atoms with Gasteiger partial charge < -0.3 is 14.8 Å². The van der Waals surface area contributed by atoms with Gasteiger partial charge >= 0.3 is 0 Å². The maximum absolute atomic E-state index is 13.7. The highest BCUT2D eigenvalue weighted by Crippen LogP contribution is 2.34. The molecule has 0 heterocycles. The number of rotatable bonds is 9. The molecule has 0 aliphatic carbocycles. The van der Waals surface area contributed by atoms with E-state index in [-0.39, 0.29) is 12.4 Å². The van der Waals surface area contributed by atoms with Gasteiger partial charge in [0.2, 0.25) is 0 Å². The molecule has 0 spiro atoms. The highest BCUT2D eigenvalue weighted by atomic mass is 35.5. The van der Waals surface area contributed by atoms with Gasteiger partial charge in [0.25, 0.3) is 0 Å². The van der Waals surface area contributed by atoms with Crippen molar-refractivity contribution in [3.8, 4) is 11.5 Å². The minimum atomic E-state index is -0.290. The molecule has 2 aromatic carbocycles. The van der Waals surface area contributed by atoms with E-state index in [1.54, 1.807) is 24.3 Å². The van der Waals surface area contributed by atoms with Crippen LogP contribution >= 0.6 is 11.6 Å². The summed E-state index contributed by atoms with van der Waals surface area (Å²) in [6, 6.07) is 10.2. The minimum Gasteiger partial charge on any atom is -0.490 e. The van der Waals surface area contributed by atoms with Crippen molar-refractivity contribution >= 4 is 11.6 Å². The SMILES string of the molecule is CCCNCc1cc(OCC)c(OCc2ccccc2F)cc1Cl. The third-order valence-corrected chi connectivity index (χ3v) is 3.85. The molecule has 0 aliphatic rings. The van der Waals surface area contributed by atoms with Gasteiger partial charge in [-0.25, -0.2) is 4.39 Å². The Morgan fingerprint density at radius 2 is 1.79 bits per heavy atom. The lowest BCUT2D eigenvalue weighted by atomic mass is 10.2. The van der Waals surface area contributed by atoms with Crippen LogP contribution in [0.2, 0.25) is 5.02 Å². The van der Waals surface area contributed by atoms with Crippen molar-refractivity contribution in [3.63, 3.8) is 0 Å². The van der Waals surface area contributed by atoms with Gasteiger partial charge in [-0.3, -0.25) is 0 Å². The van der Waals surface area contributed by atoms with Crippen molar-refractivity contribution in [2.75, 3.05) is 13.2 Å². The Bertz CT molecular complexity index is 664. The molecule has 0 aromatic heterocycles. The van der Waals surface area contributed by atoms with E-state index < -0.39 is 0 Å². The Balaban J connectivity index is 2.15. The van der Waals surface area contributed by atoms with Crippen molar-refractivity contribution in [2.24, 2.45) is 0 Å². The Morgan fingerprint density at radius 1 is 1.04 bits per heavy atom. The van der Waals surface area contributed by atoms with Gasteiger partial charge in [-0.05, 0) is 37.6 Å². The van der Waals surface area contributed by atoms with E-state index in [4.69, 9.17) is 21.1 Å². The van der Waals surface area contributed by atoms with Gasteiger partial charge in [0.15, 0.2) is 11.5 Å². The third kappa shape index (κ3) is 5.11. The quantitative estimate of drug-likeness (QED) is 0.648. The summed E-state index contributed by atoms with van der Waals surface area (Å²) < 4.78 is 25.1. The van der Waals surface area contributed by atoms with Crippen LogP contribution in [0.25, 0.3) is 0 Å². The van der Waals surface area contributed by atoms with Crippen molar-refractivity contribution in [1.29, 1.82) is 0 Å². The van der Waals surface area contributed by atoms with Crippen LogP contribution in [0, 0.1) is 5.82 Å². The fourth-order valence-corrected chi connectivity index (χ4v) is 2.49. The van der Waals surface area contributed by atoms with Crippen LogP contribution in [0.4, 0.5) is 4.39 Å². The summed E-state index contributed by atoms with van der Waals surface area (Å²) in [4.78, 5) is 0. The van der Waals surface area contributed by atoms with Crippen molar-refractivity contribution < 1.29 is 13.9 Å². The van der Waals surface area contributed by atoms with E-state index in [2.05, 4.69) is 12.2 Å². The fraction of sp³-hybridized carbons (Fsp3) is 0.368. The van der Waals surface area contributed by atoms with Crippen molar-refractivity contribution in [1.82, 2.24) is 5.32 Å². The first-order valence-electron chi connectivity index (χ1n) is 8.17. The number of hydrogen-bond donors (Lipinski definition) is 1. The summed E-state index contributed by atoms with van der Waals surface area (Å²) in [6.45, 7) is 6.24. The summed E-state index contributed by atoms with van der Waals surface area (Å²) >= 11 is 6.34. The Labute approximate surface area is 147 Å². The van der Waals surface area contributed by atoms with Gasteiger partial charge in [-0.1, -0.05) is 36.7 Å². The largest absolute Gasteiger partial charge is 0.490 e. The predicted octanol–water partition coefficient (Wildman–Crippen LogP) is 4.96. The zero-order chi connectivity index (χ0) is 17.4. The van der Waals surface area contributed by atoms with Crippen LogP contribution < -0.4 is 14.8 Å². The molecule has 0 atom stereocenters. The van der Waals surface area contributed by atoms with Gasteiger partial charge in [-0.2, -0.15) is 0 Å². The van der Waals surface area contributed by atoms with Crippen LogP contribution in [0.3, 0.4) is 0 Å². The van der Waals surface area contributed by atoms with Gasteiger partial charge in [0.1, 0.15) is 12.4 Å². The second-order valence-electron chi connectivity index (χ2n) is 5.38. The molecule has 0 aliphatic heterocycles. The molecule has 0 unspecified atom stereocenters. The second-order valence-corrected chi connectivity index (χ2v) is 5.79. The monoisotopic (exact) mass is 351 g/mol. The Hall–Kier alpha value is -1.78. The van der Waals surface area contributed by atoms with E-state index in [9.17, 15) is 4.39 Å². The van der Waals surface area contributed by atoms with E-state index in [0.717, 1.165) is 18.5 Å². The summed E-state index contributed by atoms with van der Waals surface area (Å²) in [6.07, 6.45) is 1.06. The molecule has 2 aromatic rings. The maximum atomic E-state index is 13.7. The summed E-state index contributed by atoms with van der Waals surface area (Å²) in [5, 5.41) is 3.92. The van der Waals surface area contributed by atoms with Crippen LogP contribution in [0.1, 0.15) is 31.4 Å². The molecule has 1 N–H and O–H groups in total. The van der Waals surface area contributed by atoms with Crippen molar-refractivity contribution in [2.45, 2.75) is 33.4 Å². The lowest BCUT2D eigenvalue weighted by Gasteiger charge is -2.15. The Morgan fingerprint density at radius 3 is 2.50 bits per heavy atom. The molecule has 3 nitrogen and oxygen atoms in total. The number of benzene rings is 2. The zero-order valence-corrected chi connectivity index (χ0v) is 14.8. The molecule has 5 heteroatoms. The molecule has 0 fully saturated rings. The molecule has 0 saturated heterocycles. The molecule has 2 rings (SSSR count). The smallest absolute Gasteiger partial charge is 0.163 e. The Kier molecular flexibility index (Phi) is 7.35. The third-order valence-electron chi connectivity index (χ3n) is 3.50. The number of nitrogens with one attached hydrogen (secondary N) is 1. The van der Waals surface area contributed by atoms with Gasteiger partial charge in [0, 0.05) is 23.2 Å². The molecule has 0 saturated carbocycles. The lowest BCUT2D eigenvalue weighted by Crippen LogP contribution is -2.14. The first kappa shape index (κ1) is 18.6. The zero-order valence-electron chi connectivity index (χ0n) is 14.1. The van der Waals surface area contributed by atoms with E-state index in [1.165, 1.54) is 6.07 Å².